The number of nitrogens with zero attached hydrogens (tertiary/aromatic N) is 2. The van der Waals surface area contributed by atoms with Gasteiger partial charge in [-0.05, 0) is 25.0 Å². The molecule has 0 unspecified atom stereocenters. The first-order chi connectivity index (χ1) is 8.26. The molecule has 1 aromatic heterocycles. The summed E-state index contributed by atoms with van der Waals surface area (Å²) in [5, 5.41) is 3.99. The van der Waals surface area contributed by atoms with Crippen LogP contribution in [0.2, 0.25) is 0 Å². The maximum atomic E-state index is 11.6. The number of benzene rings is 1. The molecule has 0 fully saturated rings. The van der Waals surface area contributed by atoms with Gasteiger partial charge in [0.25, 0.3) is 0 Å². The van der Waals surface area contributed by atoms with Crippen molar-refractivity contribution in [2.45, 2.75) is 20.3 Å². The first-order valence-corrected chi connectivity index (χ1v) is 5.57. The van der Waals surface area contributed by atoms with Crippen LogP contribution in [0.5, 0.6) is 6.08 Å². The lowest BCUT2D eigenvalue weighted by Crippen LogP contribution is -2.15. The summed E-state index contributed by atoms with van der Waals surface area (Å²) in [4.78, 5) is 11.6. The molecule has 1 aromatic carbocycles. The van der Waals surface area contributed by atoms with Crippen LogP contribution < -0.4 is 10.5 Å². The fraction of sp³-hybridized carbons (Fsp3) is 0.333. The van der Waals surface area contributed by atoms with E-state index in [1.165, 1.54) is 4.68 Å². The van der Waals surface area contributed by atoms with Gasteiger partial charge in [0.05, 0.1) is 12.3 Å². The van der Waals surface area contributed by atoms with Crippen LogP contribution >= 0.6 is 0 Å². The molecule has 0 radical (unpaired) electrons. The second kappa shape index (κ2) is 4.86. The van der Waals surface area contributed by atoms with Crippen molar-refractivity contribution in [3.8, 4) is 11.8 Å². The molecule has 0 saturated heterocycles. The van der Waals surface area contributed by atoms with Gasteiger partial charge < -0.3 is 9.15 Å². The molecule has 90 valence electrons. The Morgan fingerprint density at radius 2 is 2.12 bits per heavy atom. The summed E-state index contributed by atoms with van der Waals surface area (Å²) < 4.78 is 11.2. The van der Waals surface area contributed by atoms with E-state index in [1.807, 2.05) is 31.2 Å². The second-order valence-corrected chi connectivity index (χ2v) is 3.46. The summed E-state index contributed by atoms with van der Waals surface area (Å²) in [7, 11) is 0. The van der Waals surface area contributed by atoms with E-state index in [9.17, 15) is 4.79 Å². The average molecular weight is 234 g/mol. The Bertz CT molecular complexity index is 557. The first-order valence-electron chi connectivity index (χ1n) is 5.57. The van der Waals surface area contributed by atoms with Crippen LogP contribution in [0.4, 0.5) is 0 Å². The van der Waals surface area contributed by atoms with E-state index in [-0.39, 0.29) is 6.08 Å². The molecule has 5 heteroatoms. The van der Waals surface area contributed by atoms with Gasteiger partial charge >= 0.3 is 11.8 Å². The molecule has 0 N–H and O–H groups in total. The van der Waals surface area contributed by atoms with Gasteiger partial charge in [0, 0.05) is 0 Å². The largest absolute Gasteiger partial charge is 0.449 e. The van der Waals surface area contributed by atoms with Gasteiger partial charge in [-0.2, -0.15) is 4.68 Å². The monoisotopic (exact) mass is 234 g/mol. The fourth-order valence-corrected chi connectivity index (χ4v) is 1.61. The third-order valence-electron chi connectivity index (χ3n) is 2.40. The second-order valence-electron chi connectivity index (χ2n) is 3.46. The SMILES string of the molecule is CCOc1nn(-c2ccccc2CC)c(=O)o1. The predicted octanol–water partition coefficient (Wildman–Crippen LogP) is 1.79. The fourth-order valence-electron chi connectivity index (χ4n) is 1.61. The normalized spacial score (nSPS) is 10.5. The number of aromatic nitrogens is 2. The highest BCUT2D eigenvalue weighted by atomic mass is 16.6. The van der Waals surface area contributed by atoms with Gasteiger partial charge in [-0.3, -0.25) is 0 Å². The number of hydrogen-bond acceptors (Lipinski definition) is 4. The lowest BCUT2D eigenvalue weighted by atomic mass is 10.1. The van der Waals surface area contributed by atoms with Crippen LogP contribution in [0.15, 0.2) is 33.5 Å². The van der Waals surface area contributed by atoms with Gasteiger partial charge in [-0.25, -0.2) is 4.79 Å². The van der Waals surface area contributed by atoms with Crippen LogP contribution in [0.3, 0.4) is 0 Å². The van der Waals surface area contributed by atoms with E-state index in [0.29, 0.717) is 6.61 Å². The summed E-state index contributed by atoms with van der Waals surface area (Å²) in [5.41, 5.74) is 1.76. The van der Waals surface area contributed by atoms with Gasteiger partial charge in [-0.1, -0.05) is 30.2 Å². The van der Waals surface area contributed by atoms with Crippen molar-refractivity contribution in [2.24, 2.45) is 0 Å². The zero-order valence-corrected chi connectivity index (χ0v) is 9.84. The summed E-state index contributed by atoms with van der Waals surface area (Å²) in [6.07, 6.45) is 0.822. The van der Waals surface area contributed by atoms with E-state index in [0.717, 1.165) is 17.7 Å². The number of para-hydroxylation sites is 1. The minimum absolute atomic E-state index is 0.00315. The third kappa shape index (κ3) is 2.22. The summed E-state index contributed by atoms with van der Waals surface area (Å²) in [6, 6.07) is 7.57. The van der Waals surface area contributed by atoms with Crippen molar-refractivity contribution < 1.29 is 9.15 Å². The minimum Gasteiger partial charge on any atom is -0.449 e. The molecule has 0 saturated carbocycles. The quantitative estimate of drug-likeness (QED) is 0.809. The molecule has 0 aliphatic carbocycles. The van der Waals surface area contributed by atoms with Crippen LogP contribution in [-0.4, -0.2) is 16.4 Å². The molecule has 0 atom stereocenters. The van der Waals surface area contributed by atoms with Crippen molar-refractivity contribution in [1.29, 1.82) is 0 Å². The van der Waals surface area contributed by atoms with Gasteiger partial charge in [0.1, 0.15) is 0 Å². The molecule has 1 heterocycles. The Kier molecular flexibility index (Phi) is 3.27. The van der Waals surface area contributed by atoms with Crippen molar-refractivity contribution in [2.75, 3.05) is 6.61 Å². The van der Waals surface area contributed by atoms with Crippen LogP contribution in [0, 0.1) is 0 Å². The van der Waals surface area contributed by atoms with Crippen molar-refractivity contribution in [3.63, 3.8) is 0 Å². The number of aryl methyl sites for hydroxylation is 1. The molecule has 0 bridgehead atoms. The zero-order valence-electron chi connectivity index (χ0n) is 9.84. The van der Waals surface area contributed by atoms with Crippen molar-refractivity contribution in [3.05, 3.63) is 40.4 Å². The molecule has 2 rings (SSSR count). The van der Waals surface area contributed by atoms with Gasteiger partial charge in [-0.15, -0.1) is 0 Å². The van der Waals surface area contributed by atoms with Crippen molar-refractivity contribution in [1.82, 2.24) is 9.78 Å². The summed E-state index contributed by atoms with van der Waals surface area (Å²) in [5.74, 6) is -0.533. The van der Waals surface area contributed by atoms with E-state index < -0.39 is 5.76 Å². The lowest BCUT2D eigenvalue weighted by Gasteiger charge is -2.04. The highest BCUT2D eigenvalue weighted by Crippen LogP contribution is 2.14. The summed E-state index contributed by atoms with van der Waals surface area (Å²) >= 11 is 0. The highest BCUT2D eigenvalue weighted by Gasteiger charge is 2.12. The van der Waals surface area contributed by atoms with Crippen LogP contribution in [0.25, 0.3) is 5.69 Å². The lowest BCUT2D eigenvalue weighted by molar-refractivity contribution is 0.238. The van der Waals surface area contributed by atoms with E-state index >= 15 is 0 Å². The third-order valence-corrected chi connectivity index (χ3v) is 2.40. The average Bonchev–Trinajstić information content (AvgIpc) is 2.70. The van der Waals surface area contributed by atoms with Crippen molar-refractivity contribution >= 4 is 0 Å². The van der Waals surface area contributed by atoms with E-state index in [4.69, 9.17) is 9.15 Å². The van der Waals surface area contributed by atoms with Crippen LogP contribution in [-0.2, 0) is 6.42 Å². The van der Waals surface area contributed by atoms with E-state index in [2.05, 4.69) is 5.10 Å². The molecular weight excluding hydrogens is 220 g/mol. The molecule has 0 aliphatic rings. The predicted molar refractivity (Wildman–Crippen MR) is 62.6 cm³/mol. The molecule has 0 aliphatic heterocycles. The standard InChI is InChI=1S/C12H14N2O3/c1-3-9-7-5-6-8-10(9)14-12(15)17-11(13-14)16-4-2/h5-8H,3-4H2,1-2H3. The Labute approximate surface area is 98.6 Å². The molecule has 2 aromatic rings. The molecule has 17 heavy (non-hydrogen) atoms. The summed E-state index contributed by atoms with van der Waals surface area (Å²) in [6.45, 7) is 4.24. The Hall–Kier alpha value is -2.04. The molecule has 5 nitrogen and oxygen atoms in total. The Balaban J connectivity index is 2.49. The van der Waals surface area contributed by atoms with E-state index in [1.54, 1.807) is 6.92 Å². The number of ether oxygens (including phenoxy) is 1. The molecular formula is C12H14N2O3. The topological polar surface area (TPSA) is 57.3 Å². The maximum Gasteiger partial charge on any atom is 0.444 e. The highest BCUT2D eigenvalue weighted by molar-refractivity contribution is 5.39. The minimum atomic E-state index is -0.533. The van der Waals surface area contributed by atoms with Gasteiger partial charge in [0.15, 0.2) is 0 Å². The number of rotatable bonds is 4. The Morgan fingerprint density at radius 1 is 1.35 bits per heavy atom. The molecule has 0 spiro atoms. The first kappa shape index (κ1) is 11.4. The number of hydrogen-bond donors (Lipinski definition) is 0. The molecule has 0 amide bonds. The maximum absolute atomic E-state index is 11.6. The van der Waals surface area contributed by atoms with Gasteiger partial charge in [0.2, 0.25) is 0 Å². The Morgan fingerprint density at radius 3 is 2.82 bits per heavy atom. The zero-order chi connectivity index (χ0) is 12.3. The smallest absolute Gasteiger partial charge is 0.444 e. The van der Waals surface area contributed by atoms with Crippen LogP contribution in [0.1, 0.15) is 19.4 Å².